The monoisotopic (exact) mass is 531 g/mol. The van der Waals surface area contributed by atoms with Gasteiger partial charge in [0.2, 0.25) is 10.0 Å². The van der Waals surface area contributed by atoms with E-state index in [4.69, 9.17) is 9.47 Å². The lowest BCUT2D eigenvalue weighted by atomic mass is 10.0. The highest BCUT2D eigenvalue weighted by molar-refractivity contribution is 14.1. The number of amides is 1. The zero-order valence-corrected chi connectivity index (χ0v) is 20.2. The van der Waals surface area contributed by atoms with Crippen LogP contribution in [0.1, 0.15) is 46.0 Å². The number of rotatable bonds is 8. The van der Waals surface area contributed by atoms with Gasteiger partial charge in [-0.1, -0.05) is 6.42 Å². The van der Waals surface area contributed by atoms with E-state index in [1.54, 1.807) is 27.8 Å². The molecule has 164 valence electrons. The van der Waals surface area contributed by atoms with Crippen LogP contribution in [0.25, 0.3) is 0 Å². The third-order valence-electron chi connectivity index (χ3n) is 5.19. The highest BCUT2D eigenvalue weighted by atomic mass is 127. The molecule has 2 aliphatic rings. The largest absolute Gasteiger partial charge is 0.447 e. The Morgan fingerprint density at radius 2 is 1.75 bits per heavy atom. The number of ether oxygens (including phenoxy) is 2. The van der Waals surface area contributed by atoms with E-state index in [1.165, 1.54) is 34.9 Å². The SMILES string of the molecule is CC(C)O[C@H](COC(=O)N1CCC(N2CCCCC2)CC1)CN(I)S(C)(=O)=O. The summed E-state index contributed by atoms with van der Waals surface area (Å²) >= 11 is 1.74. The van der Waals surface area contributed by atoms with Crippen LogP contribution in [0.4, 0.5) is 4.79 Å². The lowest BCUT2D eigenvalue weighted by Gasteiger charge is -2.39. The van der Waals surface area contributed by atoms with Crippen molar-refractivity contribution in [2.75, 3.05) is 45.6 Å². The molecule has 2 rings (SSSR count). The number of sulfonamides is 1. The maximum absolute atomic E-state index is 12.5. The molecule has 28 heavy (non-hydrogen) atoms. The second-order valence-corrected chi connectivity index (χ2v) is 11.7. The minimum Gasteiger partial charge on any atom is -0.447 e. The number of carbonyl (C=O) groups is 1. The van der Waals surface area contributed by atoms with Crippen LogP contribution >= 0.6 is 22.9 Å². The quantitative estimate of drug-likeness (QED) is 0.354. The van der Waals surface area contributed by atoms with Gasteiger partial charge in [-0.3, -0.25) is 0 Å². The van der Waals surface area contributed by atoms with Gasteiger partial charge < -0.3 is 19.3 Å². The van der Waals surface area contributed by atoms with Crippen molar-refractivity contribution < 1.29 is 22.7 Å². The highest BCUT2D eigenvalue weighted by Crippen LogP contribution is 2.21. The van der Waals surface area contributed by atoms with E-state index in [9.17, 15) is 13.2 Å². The fourth-order valence-electron chi connectivity index (χ4n) is 3.77. The molecule has 0 radical (unpaired) electrons. The van der Waals surface area contributed by atoms with Crippen molar-refractivity contribution in [2.24, 2.45) is 0 Å². The molecule has 0 N–H and O–H groups in total. The molecule has 1 atom stereocenters. The summed E-state index contributed by atoms with van der Waals surface area (Å²) in [6, 6.07) is 0.573. The van der Waals surface area contributed by atoms with E-state index in [2.05, 4.69) is 4.90 Å². The van der Waals surface area contributed by atoms with Gasteiger partial charge in [-0.2, -0.15) is 0 Å². The third-order valence-corrected chi connectivity index (χ3v) is 8.60. The van der Waals surface area contributed by atoms with Gasteiger partial charge in [-0.05, 0) is 52.6 Å². The van der Waals surface area contributed by atoms with E-state index >= 15 is 0 Å². The highest BCUT2D eigenvalue weighted by Gasteiger charge is 2.29. The Labute approximate surface area is 183 Å². The number of hydrogen-bond acceptors (Lipinski definition) is 6. The molecule has 2 heterocycles. The van der Waals surface area contributed by atoms with Gasteiger partial charge in [0.15, 0.2) is 0 Å². The molecule has 10 heteroatoms. The van der Waals surface area contributed by atoms with Crippen LogP contribution in [0.2, 0.25) is 0 Å². The van der Waals surface area contributed by atoms with Crippen LogP contribution in [0.5, 0.6) is 0 Å². The third kappa shape index (κ3) is 7.92. The minimum absolute atomic E-state index is 0.0398. The van der Waals surface area contributed by atoms with Gasteiger partial charge in [0.25, 0.3) is 0 Å². The van der Waals surface area contributed by atoms with E-state index in [0.717, 1.165) is 19.1 Å². The Morgan fingerprint density at radius 3 is 2.29 bits per heavy atom. The molecule has 8 nitrogen and oxygen atoms in total. The Morgan fingerprint density at radius 1 is 1.14 bits per heavy atom. The normalized spacial score (nSPS) is 21.3. The molecule has 0 aromatic rings. The van der Waals surface area contributed by atoms with Crippen molar-refractivity contribution in [3.8, 4) is 0 Å². The summed E-state index contributed by atoms with van der Waals surface area (Å²) in [6.07, 6.45) is 6.07. The molecule has 0 aliphatic carbocycles. The maximum Gasteiger partial charge on any atom is 0.409 e. The van der Waals surface area contributed by atoms with Crippen molar-refractivity contribution in [3.63, 3.8) is 0 Å². The van der Waals surface area contributed by atoms with Gasteiger partial charge in [-0.25, -0.2) is 13.2 Å². The molecule has 0 saturated carbocycles. The molecule has 0 aromatic carbocycles. The van der Waals surface area contributed by atoms with Crippen molar-refractivity contribution >= 4 is 39.0 Å². The predicted molar refractivity (Wildman–Crippen MR) is 117 cm³/mol. The van der Waals surface area contributed by atoms with E-state index < -0.39 is 16.1 Å². The van der Waals surface area contributed by atoms with Crippen LogP contribution in [0.15, 0.2) is 0 Å². The van der Waals surface area contributed by atoms with Crippen LogP contribution in [0.3, 0.4) is 0 Å². The Balaban J connectivity index is 1.78. The number of hydrogen-bond donors (Lipinski definition) is 0. The lowest BCUT2D eigenvalue weighted by molar-refractivity contribution is -0.0345. The number of nitrogens with zero attached hydrogens (tertiary/aromatic N) is 3. The van der Waals surface area contributed by atoms with Gasteiger partial charge in [0.05, 0.1) is 18.9 Å². The van der Waals surface area contributed by atoms with Gasteiger partial charge in [0.1, 0.15) is 12.7 Å². The lowest BCUT2D eigenvalue weighted by Crippen LogP contribution is -2.48. The molecular formula is C18H34IN3O5S. The average molecular weight is 531 g/mol. The van der Waals surface area contributed by atoms with Crippen molar-refractivity contribution in [3.05, 3.63) is 0 Å². The molecule has 2 aliphatic heterocycles. The number of halogens is 1. The fourth-order valence-corrected chi connectivity index (χ4v) is 4.64. The Kier molecular flexibility index (Phi) is 9.71. The molecule has 1 amide bonds. The molecule has 2 saturated heterocycles. The number of likely N-dealkylation sites (tertiary alicyclic amines) is 2. The van der Waals surface area contributed by atoms with Crippen LogP contribution in [-0.4, -0.2) is 90.7 Å². The molecular weight excluding hydrogens is 497 g/mol. The Hall–Kier alpha value is -0.170. The van der Waals surface area contributed by atoms with Gasteiger partial charge in [-0.15, -0.1) is 2.52 Å². The van der Waals surface area contributed by atoms with Crippen molar-refractivity contribution in [2.45, 2.75) is 64.2 Å². The standard InChI is InChI=1S/C18H34IN3O5S/c1-15(2)27-17(13-22(19)28(3,24)25)14-26-18(23)21-11-7-16(8-12-21)20-9-5-4-6-10-20/h15-17H,4-14H2,1-3H3/t17-/m0/s1. The summed E-state index contributed by atoms with van der Waals surface area (Å²) in [7, 11) is -3.33. The first-order valence-corrected chi connectivity index (χ1v) is 12.9. The number of carbonyl (C=O) groups excluding carboxylic acids is 1. The molecule has 0 unspecified atom stereocenters. The predicted octanol–water partition coefficient (Wildman–Crippen LogP) is 2.48. The second kappa shape index (κ2) is 11.3. The smallest absolute Gasteiger partial charge is 0.409 e. The summed E-state index contributed by atoms with van der Waals surface area (Å²) in [5.74, 6) is 0. The summed E-state index contributed by atoms with van der Waals surface area (Å²) in [6.45, 7) is 7.69. The summed E-state index contributed by atoms with van der Waals surface area (Å²) in [5.41, 5.74) is 0. The molecule has 0 bridgehead atoms. The van der Waals surface area contributed by atoms with Crippen molar-refractivity contribution in [1.29, 1.82) is 0 Å². The summed E-state index contributed by atoms with van der Waals surface area (Å²) < 4.78 is 35.7. The van der Waals surface area contributed by atoms with Crippen LogP contribution in [-0.2, 0) is 19.5 Å². The average Bonchev–Trinajstić information content (AvgIpc) is 2.65. The van der Waals surface area contributed by atoms with Crippen LogP contribution in [0, 0.1) is 0 Å². The van der Waals surface area contributed by atoms with E-state index in [0.29, 0.717) is 19.1 Å². The maximum atomic E-state index is 12.5. The van der Waals surface area contributed by atoms with Gasteiger partial charge in [0, 0.05) is 42.0 Å². The first-order chi connectivity index (χ1) is 13.2. The van der Waals surface area contributed by atoms with E-state index in [1.807, 2.05) is 13.8 Å². The number of piperidine rings is 2. The van der Waals surface area contributed by atoms with Gasteiger partial charge >= 0.3 is 6.09 Å². The fraction of sp³-hybridized carbons (Fsp3) is 0.944. The molecule has 0 aromatic heterocycles. The second-order valence-electron chi connectivity index (χ2n) is 7.93. The first-order valence-electron chi connectivity index (χ1n) is 10.1. The van der Waals surface area contributed by atoms with Crippen LogP contribution < -0.4 is 0 Å². The van der Waals surface area contributed by atoms with E-state index in [-0.39, 0.29) is 25.3 Å². The zero-order valence-electron chi connectivity index (χ0n) is 17.2. The molecule has 2 fully saturated rings. The summed E-state index contributed by atoms with van der Waals surface area (Å²) in [5, 5.41) is 0. The minimum atomic E-state index is -3.33. The Bertz CT molecular complexity index is 590. The first kappa shape index (κ1) is 24.1. The zero-order chi connectivity index (χ0) is 20.7. The molecule has 0 spiro atoms. The topological polar surface area (TPSA) is 79.4 Å². The van der Waals surface area contributed by atoms with Crippen molar-refractivity contribution in [1.82, 2.24) is 12.3 Å². The summed E-state index contributed by atoms with van der Waals surface area (Å²) in [4.78, 5) is 16.8.